The second kappa shape index (κ2) is 6.73. The summed E-state index contributed by atoms with van der Waals surface area (Å²) in [6, 6.07) is 14.2. The average Bonchev–Trinajstić information content (AvgIpc) is 2.49. The molecule has 0 spiro atoms. The van der Waals surface area contributed by atoms with E-state index in [-0.39, 0.29) is 5.91 Å². The summed E-state index contributed by atoms with van der Waals surface area (Å²) < 4.78 is 5.12. The normalized spacial score (nSPS) is 10.5. The van der Waals surface area contributed by atoms with Crippen LogP contribution in [0.4, 0.5) is 0 Å². The lowest BCUT2D eigenvalue weighted by Gasteiger charge is -2.06. The minimum Gasteiger partial charge on any atom is -0.496 e. The number of nitrogens with one attached hydrogen (secondary N) is 1. The molecule has 1 amide bonds. The molecule has 0 aliphatic rings. The molecule has 0 bridgehead atoms. The van der Waals surface area contributed by atoms with E-state index in [1.807, 2.05) is 12.1 Å². The second-order valence-electron chi connectivity index (χ2n) is 3.92. The van der Waals surface area contributed by atoms with E-state index in [2.05, 4.69) is 10.5 Å². The van der Waals surface area contributed by atoms with Crippen LogP contribution in [-0.2, 0) is 0 Å². The second-order valence-corrected chi connectivity index (χ2v) is 4.33. The number of rotatable bonds is 4. The minimum atomic E-state index is -0.342. The van der Waals surface area contributed by atoms with E-state index < -0.39 is 0 Å². The molecule has 0 aliphatic carbocycles. The number of nitrogens with zero attached hydrogens (tertiary/aromatic N) is 1. The molecular formula is C15H13ClN2O2. The maximum Gasteiger partial charge on any atom is 0.275 e. The molecule has 2 aromatic carbocycles. The zero-order chi connectivity index (χ0) is 14.4. The monoisotopic (exact) mass is 288 g/mol. The highest BCUT2D eigenvalue weighted by molar-refractivity contribution is 6.33. The van der Waals surface area contributed by atoms with Gasteiger partial charge >= 0.3 is 0 Å². The van der Waals surface area contributed by atoms with Gasteiger partial charge in [0.05, 0.1) is 18.9 Å². The van der Waals surface area contributed by atoms with Crippen LogP contribution in [0.1, 0.15) is 15.9 Å². The summed E-state index contributed by atoms with van der Waals surface area (Å²) in [5.41, 5.74) is 3.59. The molecule has 1 N–H and O–H groups in total. The van der Waals surface area contributed by atoms with Crippen LogP contribution < -0.4 is 10.2 Å². The molecule has 102 valence electrons. The summed E-state index contributed by atoms with van der Waals surface area (Å²) in [5.74, 6) is 0.156. The van der Waals surface area contributed by atoms with E-state index in [4.69, 9.17) is 16.3 Å². The van der Waals surface area contributed by atoms with Crippen molar-refractivity contribution in [3.8, 4) is 5.75 Å². The van der Waals surface area contributed by atoms with Gasteiger partial charge in [0.1, 0.15) is 5.75 Å². The number of ether oxygens (including phenoxy) is 1. The van der Waals surface area contributed by atoms with Crippen molar-refractivity contribution in [3.63, 3.8) is 0 Å². The van der Waals surface area contributed by atoms with Crippen LogP contribution in [-0.4, -0.2) is 19.2 Å². The minimum absolute atomic E-state index is 0.342. The first kappa shape index (κ1) is 14.1. The Morgan fingerprint density at radius 2 is 1.90 bits per heavy atom. The fourth-order valence-corrected chi connectivity index (χ4v) is 1.82. The Balaban J connectivity index is 2.07. The Kier molecular flexibility index (Phi) is 4.74. The lowest BCUT2D eigenvalue weighted by Crippen LogP contribution is -2.18. The van der Waals surface area contributed by atoms with Gasteiger partial charge < -0.3 is 4.74 Å². The van der Waals surface area contributed by atoms with Gasteiger partial charge in [-0.15, -0.1) is 0 Å². The van der Waals surface area contributed by atoms with Crippen LogP contribution in [0.15, 0.2) is 53.6 Å². The van der Waals surface area contributed by atoms with Crippen LogP contribution in [0, 0.1) is 0 Å². The number of para-hydroxylation sites is 1. The lowest BCUT2D eigenvalue weighted by atomic mass is 10.2. The smallest absolute Gasteiger partial charge is 0.275 e. The molecule has 0 aromatic heterocycles. The van der Waals surface area contributed by atoms with Gasteiger partial charge in [-0.25, -0.2) is 5.43 Å². The number of methoxy groups -OCH3 is 1. The van der Waals surface area contributed by atoms with Crippen molar-refractivity contribution >= 4 is 23.7 Å². The third kappa shape index (κ3) is 3.36. The molecule has 4 nitrogen and oxygen atoms in total. The van der Waals surface area contributed by atoms with Crippen molar-refractivity contribution in [2.75, 3.05) is 7.11 Å². The zero-order valence-electron chi connectivity index (χ0n) is 10.8. The number of hydrogen-bond donors (Lipinski definition) is 1. The van der Waals surface area contributed by atoms with Gasteiger partial charge in [0.15, 0.2) is 0 Å². The average molecular weight is 289 g/mol. The Hall–Kier alpha value is -2.33. The summed E-state index contributed by atoms with van der Waals surface area (Å²) in [4.78, 5) is 12.0. The predicted octanol–water partition coefficient (Wildman–Crippen LogP) is 3.11. The van der Waals surface area contributed by atoms with Gasteiger partial charge in [0.25, 0.3) is 5.91 Å². The third-order valence-electron chi connectivity index (χ3n) is 2.63. The van der Waals surface area contributed by atoms with Gasteiger partial charge in [-0.1, -0.05) is 41.9 Å². The molecule has 20 heavy (non-hydrogen) atoms. The van der Waals surface area contributed by atoms with E-state index in [1.54, 1.807) is 36.4 Å². The van der Waals surface area contributed by atoms with E-state index in [1.165, 1.54) is 13.3 Å². The number of benzene rings is 2. The fourth-order valence-electron chi connectivity index (χ4n) is 1.63. The van der Waals surface area contributed by atoms with Crippen LogP contribution in [0.25, 0.3) is 0 Å². The zero-order valence-corrected chi connectivity index (χ0v) is 11.6. The van der Waals surface area contributed by atoms with Crippen LogP contribution in [0.2, 0.25) is 5.02 Å². The topological polar surface area (TPSA) is 50.7 Å². The molecule has 0 atom stereocenters. The molecular weight excluding hydrogens is 276 g/mol. The number of hydrazone groups is 1. The number of carbonyl (C=O) groups excluding carboxylic acids is 1. The van der Waals surface area contributed by atoms with Crippen LogP contribution in [0.5, 0.6) is 5.75 Å². The summed E-state index contributed by atoms with van der Waals surface area (Å²) in [6.45, 7) is 0. The molecule has 0 saturated carbocycles. The summed E-state index contributed by atoms with van der Waals surface area (Å²) in [5, 5.41) is 4.46. The van der Waals surface area contributed by atoms with Crippen molar-refractivity contribution in [3.05, 3.63) is 64.7 Å². The van der Waals surface area contributed by atoms with E-state index in [0.29, 0.717) is 16.3 Å². The maximum atomic E-state index is 12.0. The van der Waals surface area contributed by atoms with Crippen molar-refractivity contribution in [2.45, 2.75) is 0 Å². The van der Waals surface area contributed by atoms with Crippen LogP contribution >= 0.6 is 11.6 Å². The van der Waals surface area contributed by atoms with Gasteiger partial charge in [-0.05, 0) is 18.2 Å². The van der Waals surface area contributed by atoms with Gasteiger partial charge in [-0.2, -0.15) is 5.10 Å². The fraction of sp³-hybridized carbons (Fsp3) is 0.0667. The summed E-state index contributed by atoms with van der Waals surface area (Å²) in [7, 11) is 1.51. The molecule has 0 radical (unpaired) electrons. The Bertz CT molecular complexity index is 641. The number of hydrogen-bond acceptors (Lipinski definition) is 3. The molecule has 2 rings (SSSR count). The largest absolute Gasteiger partial charge is 0.496 e. The maximum absolute atomic E-state index is 12.0. The molecule has 5 heteroatoms. The first-order valence-electron chi connectivity index (χ1n) is 5.93. The molecule has 0 aliphatic heterocycles. The highest BCUT2D eigenvalue weighted by atomic mass is 35.5. The quantitative estimate of drug-likeness (QED) is 0.694. The third-order valence-corrected chi connectivity index (χ3v) is 2.97. The molecule has 0 saturated heterocycles. The standard InChI is InChI=1S/C15H13ClN2O2/c1-20-14-9-5-3-7-12(14)15(19)18-17-10-11-6-2-4-8-13(11)16/h2-10H,1H3,(H,18,19)/b17-10-. The Morgan fingerprint density at radius 1 is 1.20 bits per heavy atom. The first-order chi connectivity index (χ1) is 9.72. The highest BCUT2D eigenvalue weighted by Gasteiger charge is 2.09. The predicted molar refractivity (Wildman–Crippen MR) is 79.5 cm³/mol. The van der Waals surface area contributed by atoms with Crippen molar-refractivity contribution < 1.29 is 9.53 Å². The Labute approximate surface area is 122 Å². The van der Waals surface area contributed by atoms with E-state index >= 15 is 0 Å². The highest BCUT2D eigenvalue weighted by Crippen LogP contribution is 2.17. The molecule has 0 heterocycles. The van der Waals surface area contributed by atoms with Gasteiger partial charge in [0.2, 0.25) is 0 Å². The van der Waals surface area contributed by atoms with Crippen molar-refractivity contribution in [2.24, 2.45) is 5.10 Å². The van der Waals surface area contributed by atoms with Gasteiger partial charge in [0, 0.05) is 10.6 Å². The number of amides is 1. The van der Waals surface area contributed by atoms with Gasteiger partial charge in [-0.3, -0.25) is 4.79 Å². The lowest BCUT2D eigenvalue weighted by molar-refractivity contribution is 0.0952. The Morgan fingerprint density at radius 3 is 2.65 bits per heavy atom. The SMILES string of the molecule is COc1ccccc1C(=O)N/N=C\c1ccccc1Cl. The number of carbonyl (C=O) groups is 1. The summed E-state index contributed by atoms with van der Waals surface area (Å²) >= 11 is 5.98. The van der Waals surface area contributed by atoms with Crippen molar-refractivity contribution in [1.82, 2.24) is 5.43 Å². The van der Waals surface area contributed by atoms with Crippen LogP contribution in [0.3, 0.4) is 0 Å². The van der Waals surface area contributed by atoms with E-state index in [0.717, 1.165) is 5.56 Å². The first-order valence-corrected chi connectivity index (χ1v) is 6.31. The number of halogens is 1. The molecule has 2 aromatic rings. The van der Waals surface area contributed by atoms with E-state index in [9.17, 15) is 4.79 Å². The molecule has 0 fully saturated rings. The molecule has 0 unspecified atom stereocenters. The summed E-state index contributed by atoms with van der Waals surface area (Å²) in [6.07, 6.45) is 1.50. The van der Waals surface area contributed by atoms with Crippen molar-refractivity contribution in [1.29, 1.82) is 0 Å².